The van der Waals surface area contributed by atoms with Crippen molar-refractivity contribution >= 4 is 76.3 Å². The van der Waals surface area contributed by atoms with Gasteiger partial charge in [0.15, 0.2) is 0 Å². The molecule has 0 saturated carbocycles. The van der Waals surface area contributed by atoms with Crippen molar-refractivity contribution in [2.75, 3.05) is 0 Å². The molecule has 9 aromatic rings. The molecule has 0 aliphatic heterocycles. The molecule has 0 unspecified atom stereocenters. The van der Waals surface area contributed by atoms with Crippen LogP contribution in [0, 0.1) is 27.7 Å². The normalized spacial score (nSPS) is 12.3. The lowest BCUT2D eigenvalue weighted by Crippen LogP contribution is -1.94. The van der Waals surface area contributed by atoms with E-state index in [0.29, 0.717) is 0 Å². The lowest BCUT2D eigenvalue weighted by molar-refractivity contribution is 1.23. The van der Waals surface area contributed by atoms with Crippen LogP contribution in [-0.2, 0) is 0 Å². The van der Waals surface area contributed by atoms with Crippen LogP contribution in [0.4, 0.5) is 0 Å². The lowest BCUT2D eigenvalue weighted by atomic mass is 9.99. The van der Waals surface area contributed by atoms with E-state index >= 15 is 0 Å². The van der Waals surface area contributed by atoms with Crippen LogP contribution >= 0.6 is 0 Å². The van der Waals surface area contributed by atoms with Gasteiger partial charge < -0.3 is 4.40 Å². The highest BCUT2D eigenvalue weighted by Crippen LogP contribution is 2.41. The van der Waals surface area contributed by atoms with Gasteiger partial charge in [-0.2, -0.15) is 0 Å². The van der Waals surface area contributed by atoms with E-state index in [1.54, 1.807) is 0 Å². The van der Waals surface area contributed by atoms with Crippen LogP contribution < -0.4 is 0 Å². The summed E-state index contributed by atoms with van der Waals surface area (Å²) in [7, 11) is 0. The van der Waals surface area contributed by atoms with Crippen molar-refractivity contribution in [1.29, 1.82) is 0 Å². The van der Waals surface area contributed by atoms with Gasteiger partial charge in [0, 0.05) is 38.5 Å². The Morgan fingerprint density at radius 3 is 1.57 bits per heavy atom. The zero-order valence-electron chi connectivity index (χ0n) is 24.2. The van der Waals surface area contributed by atoms with E-state index in [0.717, 1.165) is 16.7 Å². The molecule has 5 aromatic carbocycles. The summed E-state index contributed by atoms with van der Waals surface area (Å²) in [6.45, 7) is 8.75. The van der Waals surface area contributed by atoms with Gasteiger partial charge in [0.2, 0.25) is 0 Å². The predicted molar refractivity (Wildman–Crippen MR) is 179 cm³/mol. The molecular weight excluding hydrogens is 510 g/mol. The Balaban J connectivity index is 1.80. The second kappa shape index (κ2) is 8.20. The quantitative estimate of drug-likeness (QED) is 0.188. The zero-order valence-corrected chi connectivity index (χ0v) is 24.2. The van der Waals surface area contributed by atoms with Crippen LogP contribution in [0.5, 0.6) is 0 Å². The summed E-state index contributed by atoms with van der Waals surface area (Å²) >= 11 is 0. The van der Waals surface area contributed by atoms with Gasteiger partial charge in [0.1, 0.15) is 5.65 Å². The first-order chi connectivity index (χ1) is 20.5. The van der Waals surface area contributed by atoms with Gasteiger partial charge in [-0.1, -0.05) is 48.0 Å². The van der Waals surface area contributed by atoms with Crippen LogP contribution in [0.25, 0.3) is 76.3 Å². The predicted octanol–water partition coefficient (Wildman–Crippen LogP) is 10.3. The third-order valence-corrected chi connectivity index (χ3v) is 9.02. The van der Waals surface area contributed by atoms with Crippen molar-refractivity contribution in [3.63, 3.8) is 0 Å². The van der Waals surface area contributed by atoms with Gasteiger partial charge in [0.25, 0.3) is 0 Å². The monoisotopic (exact) mass is 539 g/mol. The van der Waals surface area contributed by atoms with Crippen LogP contribution in [0.15, 0.2) is 103 Å². The van der Waals surface area contributed by atoms with E-state index in [1.807, 2.05) is 6.20 Å². The van der Waals surface area contributed by atoms with Crippen molar-refractivity contribution in [1.82, 2.24) is 13.8 Å². The number of hydrogen-bond acceptors (Lipinski definition) is 1. The molecule has 0 N–H and O–H groups in total. The van der Waals surface area contributed by atoms with Gasteiger partial charge in [-0.15, -0.1) is 0 Å². The molecule has 0 aliphatic carbocycles. The molecule has 4 heterocycles. The third kappa shape index (κ3) is 3.03. The average Bonchev–Trinajstić information content (AvgIpc) is 3.48. The molecule has 0 fully saturated rings. The molecule has 3 nitrogen and oxygen atoms in total. The highest BCUT2D eigenvalue weighted by atomic mass is 15.0. The summed E-state index contributed by atoms with van der Waals surface area (Å²) in [6, 6.07) is 36.4. The minimum atomic E-state index is 0.987. The van der Waals surface area contributed by atoms with E-state index < -0.39 is 0 Å². The molecule has 9 rings (SSSR count). The number of para-hydroxylation sites is 2. The minimum absolute atomic E-state index is 0.987. The maximum absolute atomic E-state index is 5.09. The highest BCUT2D eigenvalue weighted by Gasteiger charge is 2.19. The number of fused-ring (bicyclic) bond motifs is 12. The minimum Gasteiger partial charge on any atom is -0.307 e. The van der Waals surface area contributed by atoms with E-state index in [4.69, 9.17) is 4.98 Å². The fraction of sp³-hybridized carbons (Fsp3) is 0.103. The number of aromatic nitrogens is 3. The molecule has 0 atom stereocenters. The van der Waals surface area contributed by atoms with Crippen molar-refractivity contribution in [3.8, 4) is 0 Å². The molecule has 0 radical (unpaired) electrons. The number of rotatable bonds is 0. The Labute approximate surface area is 242 Å². The third-order valence-electron chi connectivity index (χ3n) is 9.02. The number of aryl methyl sites for hydroxylation is 4. The van der Waals surface area contributed by atoms with Gasteiger partial charge in [0.05, 0.1) is 27.6 Å². The molecule has 42 heavy (non-hydrogen) atoms. The van der Waals surface area contributed by atoms with Crippen molar-refractivity contribution in [3.05, 3.63) is 126 Å². The van der Waals surface area contributed by atoms with Crippen LogP contribution in [0.1, 0.15) is 22.3 Å². The summed E-state index contributed by atoms with van der Waals surface area (Å²) in [4.78, 5) is 5.09. The number of benzene rings is 5. The fourth-order valence-electron chi connectivity index (χ4n) is 7.37. The summed E-state index contributed by atoms with van der Waals surface area (Å²) < 4.78 is 4.91. The molecule has 3 heteroatoms. The van der Waals surface area contributed by atoms with Crippen LogP contribution in [-0.4, -0.2) is 13.8 Å². The highest BCUT2D eigenvalue weighted by molar-refractivity contribution is 6.25. The Morgan fingerprint density at radius 2 is 0.905 bits per heavy atom. The number of nitrogens with zero attached hydrogens (tertiary/aromatic N) is 3. The van der Waals surface area contributed by atoms with Gasteiger partial charge in [-0.05, 0) is 110 Å². The largest absolute Gasteiger partial charge is 0.307 e. The number of pyridine rings is 1. The SMILES string of the molecule is Cc1ccc2c(c1)c1cc(C)cc3c4ccccc4c4cc(C)cc5c6cc(C)cnc6n(c6ccccc6n2c31)c45. The Morgan fingerprint density at radius 1 is 0.405 bits per heavy atom. The Kier molecular flexibility index (Phi) is 4.60. The molecule has 0 spiro atoms. The smallest absolute Gasteiger partial charge is 0.145 e. The second-order valence-corrected chi connectivity index (χ2v) is 12.0. The lowest BCUT2D eigenvalue weighted by Gasteiger charge is -2.11. The maximum atomic E-state index is 5.09. The molecule has 200 valence electrons. The summed E-state index contributed by atoms with van der Waals surface area (Å²) in [6.07, 6.45) is 2.00. The first-order valence-electron chi connectivity index (χ1n) is 14.6. The van der Waals surface area contributed by atoms with Gasteiger partial charge in [-0.3, -0.25) is 4.40 Å². The first kappa shape index (κ1) is 23.5. The Bertz CT molecular complexity index is 2480. The Hall–Kier alpha value is -5.15. The zero-order chi connectivity index (χ0) is 28.3. The summed E-state index contributed by atoms with van der Waals surface area (Å²) in [5, 5.41) is 9.99. The van der Waals surface area contributed by atoms with Crippen molar-refractivity contribution < 1.29 is 0 Å². The topological polar surface area (TPSA) is 21.7 Å². The molecule has 0 bridgehead atoms. The first-order valence-corrected chi connectivity index (χ1v) is 14.6. The van der Waals surface area contributed by atoms with Crippen molar-refractivity contribution in [2.45, 2.75) is 27.7 Å². The number of hydrogen-bond donors (Lipinski definition) is 0. The fourth-order valence-corrected chi connectivity index (χ4v) is 7.37. The van der Waals surface area contributed by atoms with Crippen LogP contribution in [0.2, 0.25) is 0 Å². The molecular formula is C39H29N3. The molecule has 0 aliphatic rings. The maximum Gasteiger partial charge on any atom is 0.145 e. The average molecular weight is 540 g/mol. The van der Waals surface area contributed by atoms with Gasteiger partial charge >= 0.3 is 0 Å². The molecule has 4 aromatic heterocycles. The van der Waals surface area contributed by atoms with E-state index in [9.17, 15) is 0 Å². The van der Waals surface area contributed by atoms with E-state index in [1.165, 1.54) is 81.9 Å². The standard InChI is InChI=1S/C39H29N3/c1-22-13-14-34-28(15-22)31-18-23(2)16-29-26-9-5-6-10-27(26)30-17-24(3)19-32-33-20-25(4)21-40-39(33)42(38(30)32)36-12-8-7-11-35(36)41(34)37(29)31/h5-21H,1-4H3. The van der Waals surface area contributed by atoms with E-state index in [-0.39, 0.29) is 0 Å². The van der Waals surface area contributed by atoms with Crippen LogP contribution in [0.3, 0.4) is 0 Å². The summed E-state index contributed by atoms with van der Waals surface area (Å²) in [5.41, 5.74) is 11.9. The summed E-state index contributed by atoms with van der Waals surface area (Å²) in [5.74, 6) is 0. The molecule has 0 saturated heterocycles. The second-order valence-electron chi connectivity index (χ2n) is 12.0. The van der Waals surface area contributed by atoms with Gasteiger partial charge in [-0.25, -0.2) is 4.98 Å². The van der Waals surface area contributed by atoms with Crippen molar-refractivity contribution in [2.24, 2.45) is 0 Å². The molecule has 0 amide bonds. The van der Waals surface area contributed by atoms with E-state index in [2.05, 4.69) is 134 Å².